The molecule has 0 bridgehead atoms. The first kappa shape index (κ1) is 22.9. The van der Waals surface area contributed by atoms with Crippen LogP contribution in [-0.4, -0.2) is 38.9 Å². The Balaban J connectivity index is 0.00000300. The highest BCUT2D eigenvalue weighted by molar-refractivity contribution is 8.93. The van der Waals surface area contributed by atoms with Crippen LogP contribution in [0.3, 0.4) is 0 Å². The molecule has 0 aliphatic carbocycles. The first-order valence-corrected chi connectivity index (χ1v) is 9.44. The van der Waals surface area contributed by atoms with Crippen molar-refractivity contribution >= 4 is 34.3 Å². The van der Waals surface area contributed by atoms with Crippen molar-refractivity contribution in [3.63, 3.8) is 0 Å². The Morgan fingerprint density at radius 3 is 2.52 bits per heavy atom. The van der Waals surface area contributed by atoms with Gasteiger partial charge in [-0.25, -0.2) is 4.39 Å². The van der Waals surface area contributed by atoms with Crippen LogP contribution >= 0.6 is 17.0 Å². The number of rotatable bonds is 6. The summed E-state index contributed by atoms with van der Waals surface area (Å²) in [6.07, 6.45) is 3.96. The van der Waals surface area contributed by atoms with Crippen molar-refractivity contribution in [1.29, 1.82) is 0 Å². The third-order valence-electron chi connectivity index (χ3n) is 4.81. The van der Waals surface area contributed by atoms with Gasteiger partial charge in [0.25, 0.3) is 0 Å². The van der Waals surface area contributed by atoms with E-state index in [0.717, 1.165) is 43.8 Å². The molecular formula is C22H26BrFN2O3. The largest absolute Gasteiger partial charge is 0.497 e. The molecule has 0 fully saturated rings. The number of aliphatic imine (C=N–C) groups is 1. The predicted octanol–water partition coefficient (Wildman–Crippen LogP) is 5.08. The number of hydrogen-bond acceptors (Lipinski definition) is 5. The van der Waals surface area contributed by atoms with Crippen molar-refractivity contribution in [3.05, 3.63) is 53.8 Å². The lowest BCUT2D eigenvalue weighted by molar-refractivity contribution is 0.100. The summed E-state index contributed by atoms with van der Waals surface area (Å²) in [7, 11) is 3.20. The van der Waals surface area contributed by atoms with Crippen molar-refractivity contribution in [2.24, 2.45) is 4.99 Å². The summed E-state index contributed by atoms with van der Waals surface area (Å²) in [5.41, 5.74) is 1.19. The molecule has 2 aromatic rings. The lowest BCUT2D eigenvalue weighted by atomic mass is 10.1. The molecule has 5 nitrogen and oxygen atoms in total. The average Bonchev–Trinajstić information content (AvgIpc) is 3.01. The molecule has 29 heavy (non-hydrogen) atoms. The van der Waals surface area contributed by atoms with Gasteiger partial charge >= 0.3 is 0 Å². The molecule has 0 radical (unpaired) electrons. The summed E-state index contributed by atoms with van der Waals surface area (Å²) in [5.74, 6) is 1.69. The molecule has 7 heteroatoms. The normalized spacial score (nSPS) is 13.6. The molecule has 3 rings (SSSR count). The zero-order valence-electron chi connectivity index (χ0n) is 16.7. The number of benzene rings is 2. The van der Waals surface area contributed by atoms with E-state index >= 15 is 0 Å². The van der Waals surface area contributed by atoms with E-state index in [2.05, 4.69) is 0 Å². The fraction of sp³-hybridized carbons (Fsp3) is 0.364. The van der Waals surface area contributed by atoms with E-state index in [1.165, 1.54) is 24.3 Å². The van der Waals surface area contributed by atoms with Gasteiger partial charge in [-0.1, -0.05) is 6.42 Å². The fourth-order valence-electron chi connectivity index (χ4n) is 3.27. The van der Waals surface area contributed by atoms with E-state index in [1.54, 1.807) is 14.2 Å². The van der Waals surface area contributed by atoms with Gasteiger partial charge in [-0.05, 0) is 49.2 Å². The number of anilines is 1. The quantitative estimate of drug-likeness (QED) is 0.559. The fourth-order valence-corrected chi connectivity index (χ4v) is 3.27. The summed E-state index contributed by atoms with van der Waals surface area (Å²) in [4.78, 5) is 19.6. The van der Waals surface area contributed by atoms with E-state index in [4.69, 9.17) is 14.5 Å². The molecule has 1 heterocycles. The maximum atomic E-state index is 13.2. The lowest BCUT2D eigenvalue weighted by Gasteiger charge is -2.27. The number of carbonyl (C=O) groups is 1. The minimum absolute atomic E-state index is 0. The van der Waals surface area contributed by atoms with Crippen LogP contribution in [0.2, 0.25) is 0 Å². The number of amidine groups is 1. The number of ether oxygens (including phenoxy) is 2. The molecular weight excluding hydrogens is 439 g/mol. The zero-order chi connectivity index (χ0) is 19.9. The molecule has 0 unspecified atom stereocenters. The summed E-state index contributed by atoms with van der Waals surface area (Å²) in [6.45, 7) is 0.830. The number of methoxy groups -OCH3 is 2. The van der Waals surface area contributed by atoms with Crippen LogP contribution in [0.25, 0.3) is 0 Å². The van der Waals surface area contributed by atoms with Gasteiger partial charge in [0.1, 0.15) is 23.2 Å². The monoisotopic (exact) mass is 464 g/mol. The molecule has 0 saturated heterocycles. The topological polar surface area (TPSA) is 51.1 Å². The Hall–Kier alpha value is -2.41. The standard InChI is InChI=1S/C22H25FN2O3.BrH/c1-27-18-11-12-21(28-2)19(14-18)25(22-6-4-3-5-13-24-22)15-20(26)16-7-9-17(23)10-8-16;/h7-12,14H,3-6,13,15H2,1-2H3;1H. The summed E-state index contributed by atoms with van der Waals surface area (Å²) < 4.78 is 24.1. The molecule has 2 aromatic carbocycles. The minimum atomic E-state index is -0.365. The van der Waals surface area contributed by atoms with Crippen molar-refractivity contribution in [3.8, 4) is 11.5 Å². The van der Waals surface area contributed by atoms with Crippen LogP contribution in [0, 0.1) is 5.82 Å². The van der Waals surface area contributed by atoms with Gasteiger partial charge in [0, 0.05) is 24.6 Å². The number of nitrogens with zero attached hydrogens (tertiary/aromatic N) is 2. The Morgan fingerprint density at radius 2 is 1.83 bits per heavy atom. The third-order valence-corrected chi connectivity index (χ3v) is 4.81. The Morgan fingerprint density at radius 1 is 1.07 bits per heavy atom. The van der Waals surface area contributed by atoms with Gasteiger partial charge in [0.2, 0.25) is 0 Å². The maximum absolute atomic E-state index is 13.2. The van der Waals surface area contributed by atoms with Crippen molar-refractivity contribution in [1.82, 2.24) is 0 Å². The van der Waals surface area contributed by atoms with E-state index in [0.29, 0.717) is 17.1 Å². The molecule has 156 valence electrons. The zero-order valence-corrected chi connectivity index (χ0v) is 18.4. The van der Waals surface area contributed by atoms with Crippen molar-refractivity contribution in [2.75, 3.05) is 32.2 Å². The van der Waals surface area contributed by atoms with Gasteiger partial charge < -0.3 is 14.4 Å². The maximum Gasteiger partial charge on any atom is 0.182 e. The molecule has 0 amide bonds. The highest BCUT2D eigenvalue weighted by Crippen LogP contribution is 2.33. The van der Waals surface area contributed by atoms with Crippen LogP contribution in [-0.2, 0) is 0 Å². The highest BCUT2D eigenvalue weighted by Gasteiger charge is 2.23. The molecule has 1 aliphatic rings. The van der Waals surface area contributed by atoms with Crippen LogP contribution in [0.5, 0.6) is 11.5 Å². The van der Waals surface area contributed by atoms with Gasteiger partial charge in [-0.2, -0.15) is 0 Å². The molecule has 0 aromatic heterocycles. The number of halogens is 2. The van der Waals surface area contributed by atoms with E-state index in [-0.39, 0.29) is 35.1 Å². The molecule has 1 aliphatic heterocycles. The summed E-state index contributed by atoms with van der Waals surface area (Å²) in [6, 6.07) is 11.1. The number of carbonyl (C=O) groups excluding carboxylic acids is 1. The predicted molar refractivity (Wildman–Crippen MR) is 119 cm³/mol. The summed E-state index contributed by atoms with van der Waals surface area (Å²) >= 11 is 0. The molecule has 0 spiro atoms. The Kier molecular flexibility index (Phi) is 8.64. The van der Waals surface area contributed by atoms with Crippen LogP contribution in [0.4, 0.5) is 10.1 Å². The number of Topliss-reactive ketones (excluding diaryl/α,β-unsaturated/α-hetero) is 1. The van der Waals surface area contributed by atoms with Gasteiger partial charge in [0.15, 0.2) is 5.78 Å². The second-order valence-corrected chi connectivity index (χ2v) is 6.66. The van der Waals surface area contributed by atoms with E-state index in [9.17, 15) is 9.18 Å². The molecule has 0 N–H and O–H groups in total. The van der Waals surface area contributed by atoms with Gasteiger partial charge in [-0.3, -0.25) is 9.79 Å². The molecule has 0 atom stereocenters. The number of ketones is 1. The first-order valence-electron chi connectivity index (χ1n) is 9.44. The van der Waals surface area contributed by atoms with E-state index < -0.39 is 0 Å². The average molecular weight is 465 g/mol. The van der Waals surface area contributed by atoms with Crippen LogP contribution in [0.15, 0.2) is 47.5 Å². The SMILES string of the molecule is Br.COc1ccc(OC)c(N(CC(=O)c2ccc(F)cc2)C2=NCCCCC2)c1. The Labute approximate surface area is 181 Å². The molecule has 0 saturated carbocycles. The minimum Gasteiger partial charge on any atom is -0.497 e. The van der Waals surface area contributed by atoms with Crippen LogP contribution < -0.4 is 14.4 Å². The van der Waals surface area contributed by atoms with Gasteiger partial charge in [0.05, 0.1) is 26.5 Å². The van der Waals surface area contributed by atoms with E-state index in [1.807, 2.05) is 23.1 Å². The lowest BCUT2D eigenvalue weighted by Crippen LogP contribution is -2.36. The summed E-state index contributed by atoms with van der Waals surface area (Å²) in [5, 5.41) is 0. The van der Waals surface area contributed by atoms with Crippen molar-refractivity contribution in [2.45, 2.75) is 25.7 Å². The second-order valence-electron chi connectivity index (χ2n) is 6.66. The van der Waals surface area contributed by atoms with Crippen molar-refractivity contribution < 1.29 is 18.7 Å². The first-order chi connectivity index (χ1) is 13.6. The smallest absolute Gasteiger partial charge is 0.182 e. The van der Waals surface area contributed by atoms with Gasteiger partial charge in [-0.15, -0.1) is 17.0 Å². The second kappa shape index (κ2) is 11.0. The Bertz CT molecular complexity index is 856. The number of hydrogen-bond donors (Lipinski definition) is 0. The highest BCUT2D eigenvalue weighted by atomic mass is 79.9. The third kappa shape index (κ3) is 5.79. The van der Waals surface area contributed by atoms with Crippen LogP contribution in [0.1, 0.15) is 36.0 Å².